The Hall–Kier alpha value is -3.41. The number of hydrogen-bond acceptors (Lipinski definition) is 8. The summed E-state index contributed by atoms with van der Waals surface area (Å²) in [5, 5.41) is 17.4. The number of oxime groups is 1. The first kappa shape index (κ1) is 22.3. The predicted molar refractivity (Wildman–Crippen MR) is 112 cm³/mol. The number of β-lactam (4-membered cyclic amide) rings is 1. The summed E-state index contributed by atoms with van der Waals surface area (Å²) in [6.45, 7) is 3.88. The topological polar surface area (TPSA) is 150 Å². The molecule has 1 aromatic rings. The molecule has 12 heteroatoms. The molecule has 0 spiro atoms. The lowest BCUT2D eigenvalue weighted by molar-refractivity contribution is -0.144. The third-order valence-electron chi connectivity index (χ3n) is 4.54. The minimum Gasteiger partial charge on any atom is -0.478 e. The molecule has 2 aliphatic rings. The minimum absolute atomic E-state index is 0.123. The number of fused-ring (bicyclic) bond motifs is 1. The number of aromatic nitrogens is 1. The quantitative estimate of drug-likeness (QED) is 0.163. The number of pyridine rings is 1. The summed E-state index contributed by atoms with van der Waals surface area (Å²) in [4.78, 5) is 58.0. The molecule has 1 aromatic heterocycles. The van der Waals surface area contributed by atoms with E-state index in [0.717, 1.165) is 0 Å². The molecule has 11 nitrogen and oxygen atoms in total. The Balaban J connectivity index is 1.79. The van der Waals surface area contributed by atoms with Crippen LogP contribution < -0.4 is 10.6 Å². The zero-order valence-corrected chi connectivity index (χ0v) is 17.6. The van der Waals surface area contributed by atoms with Crippen LogP contribution >= 0.6 is 11.8 Å². The summed E-state index contributed by atoms with van der Waals surface area (Å²) in [7, 11) is 0. The van der Waals surface area contributed by atoms with E-state index < -0.39 is 29.2 Å². The molecule has 3 N–H and O–H groups in total. The van der Waals surface area contributed by atoms with Crippen molar-refractivity contribution in [1.82, 2.24) is 15.2 Å². The second-order valence-corrected chi connectivity index (χ2v) is 8.16. The van der Waals surface area contributed by atoms with Gasteiger partial charge in [0, 0.05) is 11.4 Å². The minimum atomic E-state index is -1.09. The number of hydrogen-bond donors (Lipinski definition) is 3. The zero-order valence-electron chi connectivity index (χ0n) is 16.8. The van der Waals surface area contributed by atoms with Gasteiger partial charge >= 0.3 is 5.97 Å². The van der Waals surface area contributed by atoms with Crippen molar-refractivity contribution in [3.63, 3.8) is 0 Å². The van der Waals surface area contributed by atoms with Crippen molar-refractivity contribution in [1.29, 1.82) is 0 Å². The molecule has 1 fully saturated rings. The van der Waals surface area contributed by atoms with Crippen LogP contribution in [0.4, 0.5) is 5.82 Å². The number of carbonyl (C=O) groups excluding carboxylic acids is 3. The Morgan fingerprint density at radius 3 is 2.87 bits per heavy atom. The van der Waals surface area contributed by atoms with E-state index >= 15 is 0 Å². The van der Waals surface area contributed by atoms with E-state index in [-0.39, 0.29) is 34.7 Å². The molecule has 0 bridgehead atoms. The third-order valence-corrected chi connectivity index (χ3v) is 5.98. The molecule has 31 heavy (non-hydrogen) atoms. The van der Waals surface area contributed by atoms with Crippen LogP contribution in [-0.2, 0) is 24.0 Å². The molecular weight excluding hydrogens is 426 g/mol. The van der Waals surface area contributed by atoms with E-state index in [0.29, 0.717) is 12.8 Å². The van der Waals surface area contributed by atoms with E-state index in [1.54, 1.807) is 19.1 Å². The van der Waals surface area contributed by atoms with Gasteiger partial charge in [-0.3, -0.25) is 14.4 Å². The van der Waals surface area contributed by atoms with Gasteiger partial charge < -0.3 is 25.5 Å². The van der Waals surface area contributed by atoms with E-state index in [1.165, 1.54) is 28.9 Å². The third kappa shape index (κ3) is 4.68. The van der Waals surface area contributed by atoms with Gasteiger partial charge in [0.25, 0.3) is 11.8 Å². The Bertz CT molecular complexity index is 965. The van der Waals surface area contributed by atoms with Crippen LogP contribution in [0.25, 0.3) is 0 Å². The number of anilines is 1. The van der Waals surface area contributed by atoms with Crippen molar-refractivity contribution in [2.45, 2.75) is 36.9 Å². The van der Waals surface area contributed by atoms with Gasteiger partial charge in [-0.05, 0) is 25.5 Å². The fourth-order valence-corrected chi connectivity index (χ4v) is 4.35. The van der Waals surface area contributed by atoms with Crippen molar-refractivity contribution in [3.8, 4) is 0 Å². The van der Waals surface area contributed by atoms with Crippen LogP contribution in [0.1, 0.15) is 26.0 Å². The second-order valence-electron chi connectivity index (χ2n) is 6.70. The Morgan fingerprint density at radius 1 is 1.42 bits per heavy atom. The Morgan fingerprint density at radius 2 is 2.19 bits per heavy atom. The molecular formula is C19H21N5O6S. The van der Waals surface area contributed by atoms with Crippen molar-refractivity contribution in [2.24, 2.45) is 5.16 Å². The number of thioether (sulfide) groups is 1. The van der Waals surface area contributed by atoms with Gasteiger partial charge in [-0.2, -0.15) is 0 Å². The highest BCUT2D eigenvalue weighted by atomic mass is 32.2. The number of carbonyl (C=O) groups is 4. The largest absolute Gasteiger partial charge is 0.478 e. The van der Waals surface area contributed by atoms with E-state index in [2.05, 4.69) is 20.8 Å². The first-order chi connectivity index (χ1) is 14.9. The lowest BCUT2D eigenvalue weighted by Gasteiger charge is -2.48. The van der Waals surface area contributed by atoms with Crippen LogP contribution in [-0.4, -0.2) is 68.2 Å². The van der Waals surface area contributed by atoms with Gasteiger partial charge in [0.05, 0.1) is 5.57 Å². The predicted octanol–water partition coefficient (Wildman–Crippen LogP) is 0.538. The van der Waals surface area contributed by atoms with E-state index in [9.17, 15) is 24.3 Å². The summed E-state index contributed by atoms with van der Waals surface area (Å²) in [6.07, 6.45) is 2.44. The SMILES string of the molecule is CCCON=C(C(=O)NC1C(=O)N2C=C(C(=O)O)C(C)S[C@H]12)c1cccc(NC=O)n1. The number of amides is 3. The van der Waals surface area contributed by atoms with Crippen molar-refractivity contribution >= 4 is 47.5 Å². The molecule has 1 saturated heterocycles. The summed E-state index contributed by atoms with van der Waals surface area (Å²) < 4.78 is 0. The average Bonchev–Trinajstić information content (AvgIpc) is 2.75. The molecule has 2 unspecified atom stereocenters. The molecule has 0 aliphatic carbocycles. The molecule has 3 rings (SSSR count). The monoisotopic (exact) mass is 447 g/mol. The highest BCUT2D eigenvalue weighted by Crippen LogP contribution is 2.40. The normalized spacial score (nSPS) is 22.6. The molecule has 3 heterocycles. The highest BCUT2D eigenvalue weighted by molar-refractivity contribution is 8.00. The van der Waals surface area contributed by atoms with Crippen LogP contribution in [0.2, 0.25) is 0 Å². The standard InChI is InChI=1S/C19H21N5O6S/c1-3-7-30-23-14(12-5-4-6-13(21-12)20-9-25)16(26)22-15-17(27)24-8-11(19(28)29)10(2)31-18(15)24/h4-6,8-10,15,18H,3,7H2,1-2H3,(H,22,26)(H,28,29)(H,20,21,25)/t10?,15?,18-/m1/s1. The number of carboxylic acid groups (broad SMARTS) is 1. The van der Waals surface area contributed by atoms with Crippen molar-refractivity contribution in [2.75, 3.05) is 11.9 Å². The maximum absolute atomic E-state index is 12.9. The number of rotatable bonds is 9. The number of carboxylic acids is 1. The number of nitrogens with zero attached hydrogens (tertiary/aromatic N) is 3. The first-order valence-corrected chi connectivity index (χ1v) is 10.4. The maximum atomic E-state index is 12.9. The van der Waals surface area contributed by atoms with E-state index in [1.807, 2.05) is 6.92 Å². The summed E-state index contributed by atoms with van der Waals surface area (Å²) >= 11 is 1.27. The average molecular weight is 447 g/mol. The van der Waals surface area contributed by atoms with Crippen LogP contribution in [0.15, 0.2) is 35.1 Å². The molecule has 2 aliphatic heterocycles. The Kier molecular flexibility index (Phi) is 6.90. The van der Waals surface area contributed by atoms with Gasteiger partial charge in [0.15, 0.2) is 5.71 Å². The molecule has 164 valence electrons. The molecule has 3 atom stereocenters. The molecule has 3 amide bonds. The fraction of sp³-hybridized carbons (Fsp3) is 0.368. The summed E-state index contributed by atoms with van der Waals surface area (Å²) in [5.74, 6) is -1.96. The van der Waals surface area contributed by atoms with E-state index in [4.69, 9.17) is 4.84 Å². The van der Waals surface area contributed by atoms with Gasteiger partial charge in [-0.15, -0.1) is 11.8 Å². The van der Waals surface area contributed by atoms with Crippen molar-refractivity contribution in [3.05, 3.63) is 35.7 Å². The number of nitrogens with one attached hydrogen (secondary N) is 2. The smallest absolute Gasteiger partial charge is 0.334 e. The van der Waals surface area contributed by atoms with Gasteiger partial charge in [0.1, 0.15) is 29.5 Å². The van der Waals surface area contributed by atoms with Gasteiger partial charge in [-0.25, -0.2) is 9.78 Å². The molecule has 0 saturated carbocycles. The zero-order chi connectivity index (χ0) is 22.5. The van der Waals surface area contributed by atoms with Crippen LogP contribution in [0.3, 0.4) is 0 Å². The first-order valence-electron chi connectivity index (χ1n) is 9.48. The second kappa shape index (κ2) is 9.60. The maximum Gasteiger partial charge on any atom is 0.334 e. The molecule has 0 aromatic carbocycles. The fourth-order valence-electron chi connectivity index (χ4n) is 2.99. The lowest BCUT2D eigenvalue weighted by Crippen LogP contribution is -2.69. The van der Waals surface area contributed by atoms with Crippen molar-refractivity contribution < 1.29 is 29.1 Å². The van der Waals surface area contributed by atoms with Gasteiger partial charge in [-0.1, -0.05) is 18.1 Å². The highest BCUT2D eigenvalue weighted by Gasteiger charge is 2.51. The van der Waals surface area contributed by atoms with Gasteiger partial charge in [0.2, 0.25) is 6.41 Å². The summed E-state index contributed by atoms with van der Waals surface area (Å²) in [5.41, 5.74) is 0.130. The number of aliphatic carboxylic acids is 1. The lowest BCUT2D eigenvalue weighted by atomic mass is 10.1. The Labute approximate surface area is 181 Å². The van der Waals surface area contributed by atoms with Crippen LogP contribution in [0.5, 0.6) is 0 Å². The molecule has 0 radical (unpaired) electrons. The summed E-state index contributed by atoms with van der Waals surface area (Å²) in [6, 6.07) is 3.81. The van der Waals surface area contributed by atoms with Crippen LogP contribution in [0, 0.1) is 0 Å².